The Hall–Kier alpha value is -0.640. The number of carbonyl (C=O) groups is 1. The van der Waals surface area contributed by atoms with Crippen LogP contribution in [-0.4, -0.2) is 36.1 Å². The van der Waals surface area contributed by atoms with Crippen molar-refractivity contribution < 1.29 is 9.18 Å². The summed E-state index contributed by atoms with van der Waals surface area (Å²) in [6.45, 7) is 5.73. The van der Waals surface area contributed by atoms with Crippen LogP contribution in [-0.2, 0) is 4.79 Å². The Morgan fingerprint density at radius 2 is 2.06 bits per heavy atom. The first kappa shape index (κ1) is 12.8. The van der Waals surface area contributed by atoms with E-state index in [1.54, 1.807) is 0 Å². The van der Waals surface area contributed by atoms with Gasteiger partial charge in [0, 0.05) is 19.5 Å². The number of rotatable bonds is 4. The first-order chi connectivity index (χ1) is 7.97. The van der Waals surface area contributed by atoms with Crippen LogP contribution in [0.4, 0.5) is 4.39 Å². The molecular formula is C13H23FN2O. The lowest BCUT2D eigenvalue weighted by molar-refractivity contribution is -0.122. The average Bonchev–Trinajstić information content (AvgIpc) is 2.51. The number of alkyl halides is 1. The second kappa shape index (κ2) is 4.92. The van der Waals surface area contributed by atoms with E-state index in [2.05, 4.69) is 13.8 Å². The molecule has 1 saturated heterocycles. The van der Waals surface area contributed by atoms with Gasteiger partial charge in [0.25, 0.3) is 0 Å². The third kappa shape index (κ3) is 2.79. The predicted molar refractivity (Wildman–Crippen MR) is 65.1 cm³/mol. The van der Waals surface area contributed by atoms with Crippen molar-refractivity contribution in [3.63, 3.8) is 0 Å². The molecule has 1 saturated carbocycles. The number of nitrogens with two attached hydrogens (primary N) is 1. The molecule has 0 radical (unpaired) electrons. The fourth-order valence-electron chi connectivity index (χ4n) is 3.16. The zero-order chi connectivity index (χ0) is 12.6. The number of primary amides is 1. The van der Waals surface area contributed by atoms with Gasteiger partial charge in [-0.3, -0.25) is 9.69 Å². The summed E-state index contributed by atoms with van der Waals surface area (Å²) in [5.74, 6) is 1.82. The van der Waals surface area contributed by atoms with Gasteiger partial charge in [-0.15, -0.1) is 0 Å². The smallest absolute Gasteiger partial charge is 0.234 e. The summed E-state index contributed by atoms with van der Waals surface area (Å²) in [6, 6.07) is -0.372. The standard InChI is InChI=1S/C13H23FN2O/c1-8(2)10-3-9(4-10)6-16-7-11(14)5-12(16)13(15)17/h8-12H,3-7H2,1-2H3,(H2,15,17)/t9?,10?,11-,12-/m0/s1. The van der Waals surface area contributed by atoms with Crippen LogP contribution >= 0.6 is 0 Å². The van der Waals surface area contributed by atoms with E-state index in [0.717, 1.165) is 18.4 Å². The number of halogens is 1. The maximum absolute atomic E-state index is 13.3. The molecule has 0 bridgehead atoms. The van der Waals surface area contributed by atoms with E-state index in [9.17, 15) is 9.18 Å². The van der Waals surface area contributed by atoms with Crippen molar-refractivity contribution in [2.75, 3.05) is 13.1 Å². The van der Waals surface area contributed by atoms with Crippen LogP contribution in [0.2, 0.25) is 0 Å². The Kier molecular flexibility index (Phi) is 3.71. The van der Waals surface area contributed by atoms with E-state index in [1.807, 2.05) is 4.90 Å². The summed E-state index contributed by atoms with van der Waals surface area (Å²) < 4.78 is 13.3. The van der Waals surface area contributed by atoms with Gasteiger partial charge in [0.1, 0.15) is 6.17 Å². The predicted octanol–water partition coefficient (Wildman–Crippen LogP) is 1.57. The van der Waals surface area contributed by atoms with Crippen molar-refractivity contribution in [1.29, 1.82) is 0 Å². The van der Waals surface area contributed by atoms with Crippen LogP contribution < -0.4 is 5.73 Å². The van der Waals surface area contributed by atoms with E-state index in [0.29, 0.717) is 12.5 Å². The number of amides is 1. The highest BCUT2D eigenvalue weighted by molar-refractivity contribution is 5.80. The minimum atomic E-state index is -0.881. The molecule has 4 heteroatoms. The molecule has 0 aromatic carbocycles. The van der Waals surface area contributed by atoms with E-state index in [4.69, 9.17) is 5.73 Å². The quantitative estimate of drug-likeness (QED) is 0.813. The Morgan fingerprint density at radius 3 is 2.59 bits per heavy atom. The molecule has 2 aliphatic rings. The molecule has 2 N–H and O–H groups in total. The molecule has 1 heterocycles. The van der Waals surface area contributed by atoms with E-state index in [1.165, 1.54) is 12.8 Å². The second-order valence-corrected chi connectivity index (χ2v) is 6.05. The number of hydrogen-bond donors (Lipinski definition) is 1. The van der Waals surface area contributed by atoms with Gasteiger partial charge in [0.05, 0.1) is 6.04 Å². The molecule has 0 aromatic rings. The first-order valence-electron chi connectivity index (χ1n) is 6.64. The fraction of sp³-hybridized carbons (Fsp3) is 0.923. The summed E-state index contributed by atoms with van der Waals surface area (Å²) in [5, 5.41) is 0. The lowest BCUT2D eigenvalue weighted by Gasteiger charge is -2.40. The maximum atomic E-state index is 13.3. The Balaban J connectivity index is 1.81. The van der Waals surface area contributed by atoms with E-state index in [-0.39, 0.29) is 18.4 Å². The van der Waals surface area contributed by atoms with Crippen molar-refractivity contribution in [1.82, 2.24) is 4.90 Å². The van der Waals surface area contributed by atoms with Crippen molar-refractivity contribution in [3.8, 4) is 0 Å². The van der Waals surface area contributed by atoms with Gasteiger partial charge < -0.3 is 5.73 Å². The Bertz CT molecular complexity index is 289. The zero-order valence-electron chi connectivity index (χ0n) is 10.7. The van der Waals surface area contributed by atoms with Crippen molar-refractivity contribution >= 4 is 5.91 Å². The van der Waals surface area contributed by atoms with Crippen LogP contribution in [0.25, 0.3) is 0 Å². The molecule has 2 atom stereocenters. The van der Waals surface area contributed by atoms with E-state index >= 15 is 0 Å². The highest BCUT2D eigenvalue weighted by atomic mass is 19.1. The zero-order valence-corrected chi connectivity index (χ0v) is 10.7. The molecule has 1 amide bonds. The van der Waals surface area contributed by atoms with Gasteiger partial charge in [-0.2, -0.15) is 0 Å². The molecular weight excluding hydrogens is 219 g/mol. The number of hydrogen-bond acceptors (Lipinski definition) is 2. The normalized spacial score (nSPS) is 38.4. The molecule has 0 aromatic heterocycles. The molecule has 0 spiro atoms. The topological polar surface area (TPSA) is 46.3 Å². The summed E-state index contributed by atoms with van der Waals surface area (Å²) in [4.78, 5) is 13.2. The Morgan fingerprint density at radius 1 is 1.41 bits per heavy atom. The number of likely N-dealkylation sites (tertiary alicyclic amines) is 1. The molecule has 17 heavy (non-hydrogen) atoms. The third-order valence-electron chi connectivity index (χ3n) is 4.39. The molecule has 1 aliphatic heterocycles. The summed E-state index contributed by atoms with van der Waals surface area (Å²) in [5.41, 5.74) is 5.31. The molecule has 3 nitrogen and oxygen atoms in total. The first-order valence-corrected chi connectivity index (χ1v) is 6.64. The van der Waals surface area contributed by atoms with Crippen molar-refractivity contribution in [2.24, 2.45) is 23.5 Å². The largest absolute Gasteiger partial charge is 0.368 e. The van der Waals surface area contributed by atoms with Crippen LogP contribution in [0.15, 0.2) is 0 Å². The van der Waals surface area contributed by atoms with Gasteiger partial charge in [0.15, 0.2) is 0 Å². The SMILES string of the molecule is CC(C)C1CC(CN2C[C@@H](F)C[C@H]2C(N)=O)C1. The summed E-state index contributed by atoms with van der Waals surface area (Å²) in [6.07, 6.45) is 1.84. The highest BCUT2D eigenvalue weighted by Crippen LogP contribution is 2.40. The minimum absolute atomic E-state index is 0.287. The van der Waals surface area contributed by atoms with Gasteiger partial charge in [-0.05, 0) is 30.6 Å². The summed E-state index contributed by atoms with van der Waals surface area (Å²) >= 11 is 0. The molecule has 2 fully saturated rings. The number of nitrogens with zero attached hydrogens (tertiary/aromatic N) is 1. The lowest BCUT2D eigenvalue weighted by Crippen LogP contribution is -2.45. The van der Waals surface area contributed by atoms with Crippen molar-refractivity contribution in [2.45, 2.75) is 45.3 Å². The molecule has 1 aliphatic carbocycles. The van der Waals surface area contributed by atoms with Crippen LogP contribution in [0.5, 0.6) is 0 Å². The third-order valence-corrected chi connectivity index (χ3v) is 4.39. The monoisotopic (exact) mass is 242 g/mol. The highest BCUT2D eigenvalue weighted by Gasteiger charge is 2.39. The van der Waals surface area contributed by atoms with Crippen LogP contribution in [0, 0.1) is 17.8 Å². The average molecular weight is 242 g/mol. The second-order valence-electron chi connectivity index (χ2n) is 6.05. The fourth-order valence-corrected chi connectivity index (χ4v) is 3.16. The van der Waals surface area contributed by atoms with E-state index < -0.39 is 6.17 Å². The Labute approximate surface area is 103 Å². The van der Waals surface area contributed by atoms with Crippen LogP contribution in [0.3, 0.4) is 0 Å². The van der Waals surface area contributed by atoms with Gasteiger partial charge in [-0.25, -0.2) is 4.39 Å². The molecule has 2 rings (SSSR count). The number of carbonyl (C=O) groups excluding carboxylic acids is 1. The van der Waals surface area contributed by atoms with Gasteiger partial charge >= 0.3 is 0 Å². The molecule has 0 unspecified atom stereocenters. The van der Waals surface area contributed by atoms with Crippen molar-refractivity contribution in [3.05, 3.63) is 0 Å². The molecule has 98 valence electrons. The lowest BCUT2D eigenvalue weighted by atomic mass is 9.69. The minimum Gasteiger partial charge on any atom is -0.368 e. The van der Waals surface area contributed by atoms with Gasteiger partial charge in [0.2, 0.25) is 5.91 Å². The maximum Gasteiger partial charge on any atom is 0.234 e. The van der Waals surface area contributed by atoms with Crippen LogP contribution in [0.1, 0.15) is 33.1 Å². The summed E-state index contributed by atoms with van der Waals surface area (Å²) in [7, 11) is 0. The van der Waals surface area contributed by atoms with Gasteiger partial charge in [-0.1, -0.05) is 13.8 Å².